The van der Waals surface area contributed by atoms with Crippen LogP contribution in [0.4, 0.5) is 0 Å². The molecule has 0 fully saturated rings. The third-order valence-electron chi connectivity index (χ3n) is 5.12. The molecule has 1 N–H and O–H groups in total. The van der Waals surface area contributed by atoms with Crippen LogP contribution in [0.25, 0.3) is 0 Å². The van der Waals surface area contributed by atoms with E-state index in [9.17, 15) is 19.2 Å². The Morgan fingerprint density at radius 1 is 1.06 bits per heavy atom. The van der Waals surface area contributed by atoms with E-state index in [1.165, 1.54) is 31.2 Å². The van der Waals surface area contributed by atoms with Gasteiger partial charge in [0.15, 0.2) is 6.10 Å². The number of carbonyl (C=O) groups is 4. The molecule has 0 saturated heterocycles. The number of fused-ring (bicyclic) bond motifs is 1. The van der Waals surface area contributed by atoms with Crippen LogP contribution >= 0.6 is 0 Å². The number of benzene rings is 2. The van der Waals surface area contributed by atoms with Gasteiger partial charge in [0, 0.05) is 13.1 Å². The molecule has 0 aliphatic carbocycles. The molecule has 1 aliphatic rings. The summed E-state index contributed by atoms with van der Waals surface area (Å²) in [5.74, 6) is -1.98. The van der Waals surface area contributed by atoms with E-state index < -0.39 is 29.8 Å². The first-order valence-corrected chi connectivity index (χ1v) is 9.98. The number of esters is 1. The normalized spacial score (nSPS) is 14.6. The molecule has 2 aromatic carbocycles. The van der Waals surface area contributed by atoms with Crippen LogP contribution in [0.1, 0.15) is 56.4 Å². The number of amides is 3. The number of hydrogen-bond donors (Lipinski definition) is 1. The van der Waals surface area contributed by atoms with Gasteiger partial charge >= 0.3 is 5.97 Å². The number of ether oxygens (including phenoxy) is 1. The van der Waals surface area contributed by atoms with Gasteiger partial charge in [0.25, 0.3) is 17.7 Å². The second-order valence-electron chi connectivity index (χ2n) is 7.37. The monoisotopic (exact) mass is 420 g/mol. The maximum atomic E-state index is 12.5. The molecular formula is C24H24N2O5. The molecule has 0 aromatic heterocycles. The van der Waals surface area contributed by atoms with Crippen molar-refractivity contribution in [3.05, 3.63) is 83.4 Å². The van der Waals surface area contributed by atoms with E-state index >= 15 is 0 Å². The van der Waals surface area contributed by atoms with Gasteiger partial charge in [-0.2, -0.15) is 0 Å². The molecule has 1 aliphatic heterocycles. The van der Waals surface area contributed by atoms with E-state index in [0.29, 0.717) is 6.54 Å². The van der Waals surface area contributed by atoms with Crippen LogP contribution in [-0.2, 0) is 9.53 Å². The maximum Gasteiger partial charge on any atom is 0.338 e. The molecule has 7 nitrogen and oxygen atoms in total. The fourth-order valence-corrected chi connectivity index (χ4v) is 3.29. The summed E-state index contributed by atoms with van der Waals surface area (Å²) in [4.78, 5) is 50.6. The summed E-state index contributed by atoms with van der Waals surface area (Å²) in [7, 11) is 0. The lowest BCUT2D eigenvalue weighted by molar-refractivity contribution is -0.129. The molecule has 2 atom stereocenters. The topological polar surface area (TPSA) is 92.8 Å². The average Bonchev–Trinajstić information content (AvgIpc) is 3.02. The van der Waals surface area contributed by atoms with Crippen LogP contribution < -0.4 is 5.32 Å². The molecule has 3 rings (SSSR count). The first-order valence-electron chi connectivity index (χ1n) is 9.98. The summed E-state index contributed by atoms with van der Waals surface area (Å²) in [6.07, 6.45) is 0.439. The fourth-order valence-electron chi connectivity index (χ4n) is 3.29. The second kappa shape index (κ2) is 9.38. The molecule has 1 heterocycles. The largest absolute Gasteiger partial charge is 0.449 e. The number of nitrogens with one attached hydrogen (secondary N) is 1. The van der Waals surface area contributed by atoms with Crippen LogP contribution in [0.2, 0.25) is 0 Å². The zero-order valence-electron chi connectivity index (χ0n) is 17.5. The van der Waals surface area contributed by atoms with Gasteiger partial charge in [-0.25, -0.2) is 4.79 Å². The van der Waals surface area contributed by atoms with Crippen LogP contribution in [0.15, 0.2) is 61.2 Å². The third kappa shape index (κ3) is 4.71. The lowest BCUT2D eigenvalue weighted by Crippen LogP contribution is -2.37. The Balaban J connectivity index is 1.60. The third-order valence-corrected chi connectivity index (χ3v) is 5.12. The minimum Gasteiger partial charge on any atom is -0.449 e. The number of nitrogens with zero attached hydrogens (tertiary/aromatic N) is 1. The van der Waals surface area contributed by atoms with Crippen LogP contribution in [0.3, 0.4) is 0 Å². The molecule has 7 heteroatoms. The average molecular weight is 420 g/mol. The van der Waals surface area contributed by atoms with Crippen molar-refractivity contribution in [3.8, 4) is 0 Å². The Hall–Kier alpha value is -3.74. The predicted molar refractivity (Wildman–Crippen MR) is 115 cm³/mol. The molecule has 160 valence electrons. The van der Waals surface area contributed by atoms with E-state index in [2.05, 4.69) is 11.9 Å². The molecule has 31 heavy (non-hydrogen) atoms. The zero-order chi connectivity index (χ0) is 22.5. The minimum absolute atomic E-state index is 0.0880. The lowest BCUT2D eigenvalue weighted by atomic mass is 10.0. The number of carbonyl (C=O) groups excluding carboxylic acids is 4. The first-order chi connectivity index (χ1) is 14.8. The Morgan fingerprint density at radius 3 is 2.42 bits per heavy atom. The summed E-state index contributed by atoms with van der Waals surface area (Å²) in [6.45, 7) is 7.50. The Labute approximate surface area is 180 Å². The van der Waals surface area contributed by atoms with E-state index in [1.54, 1.807) is 0 Å². The second-order valence-corrected chi connectivity index (χ2v) is 7.37. The Morgan fingerprint density at radius 2 is 1.74 bits per heavy atom. The van der Waals surface area contributed by atoms with Crippen molar-refractivity contribution in [2.24, 2.45) is 0 Å². The van der Waals surface area contributed by atoms with Gasteiger partial charge in [-0.3, -0.25) is 19.3 Å². The van der Waals surface area contributed by atoms with Gasteiger partial charge in [-0.1, -0.05) is 43.3 Å². The van der Waals surface area contributed by atoms with Crippen LogP contribution in [-0.4, -0.2) is 47.8 Å². The number of hydrogen-bond acceptors (Lipinski definition) is 5. The van der Waals surface area contributed by atoms with Crippen molar-refractivity contribution in [3.63, 3.8) is 0 Å². The van der Waals surface area contributed by atoms with Gasteiger partial charge < -0.3 is 10.1 Å². The summed E-state index contributed by atoms with van der Waals surface area (Å²) < 4.78 is 5.26. The summed E-state index contributed by atoms with van der Waals surface area (Å²) in [5, 5.41) is 2.78. The highest BCUT2D eigenvalue weighted by Gasteiger charge is 2.35. The molecular weight excluding hydrogens is 396 g/mol. The van der Waals surface area contributed by atoms with Gasteiger partial charge in [0.05, 0.1) is 16.7 Å². The van der Waals surface area contributed by atoms with Crippen molar-refractivity contribution in [1.29, 1.82) is 0 Å². The SMILES string of the molecule is C=CCN1C(=O)c2ccc(C(=O)O[C@@H](C)C(=O)NC[C@@H](C)c3ccccc3)cc2C1=O. The molecule has 0 saturated carbocycles. The Kier molecular flexibility index (Phi) is 6.65. The molecule has 0 unspecified atom stereocenters. The minimum atomic E-state index is -1.02. The zero-order valence-corrected chi connectivity index (χ0v) is 17.5. The van der Waals surface area contributed by atoms with Gasteiger partial charge in [0.1, 0.15) is 0 Å². The smallest absolute Gasteiger partial charge is 0.338 e. The van der Waals surface area contributed by atoms with Crippen LogP contribution in [0.5, 0.6) is 0 Å². The van der Waals surface area contributed by atoms with Crippen molar-refractivity contribution in [1.82, 2.24) is 10.2 Å². The molecule has 0 spiro atoms. The van der Waals surface area contributed by atoms with E-state index in [1.807, 2.05) is 37.3 Å². The highest BCUT2D eigenvalue weighted by molar-refractivity contribution is 6.22. The van der Waals surface area contributed by atoms with Crippen LogP contribution in [0, 0.1) is 0 Å². The summed E-state index contributed by atoms with van der Waals surface area (Å²) in [6, 6.07) is 13.9. The quantitative estimate of drug-likeness (QED) is 0.403. The van der Waals surface area contributed by atoms with Gasteiger partial charge in [-0.05, 0) is 36.6 Å². The molecule has 3 amide bonds. The lowest BCUT2D eigenvalue weighted by Gasteiger charge is -2.17. The van der Waals surface area contributed by atoms with Gasteiger partial charge in [0.2, 0.25) is 0 Å². The molecule has 2 aromatic rings. The molecule has 0 bridgehead atoms. The Bertz CT molecular complexity index is 1030. The summed E-state index contributed by atoms with van der Waals surface area (Å²) >= 11 is 0. The standard InChI is InChI=1S/C24H24N2O5/c1-4-12-26-22(28)19-11-10-18(13-20(19)23(26)29)24(30)31-16(3)21(27)25-14-15(2)17-8-6-5-7-9-17/h4-11,13,15-16H,1,12,14H2,2-3H3,(H,25,27)/t15-,16+/m1/s1. The van der Waals surface area contributed by atoms with Gasteiger partial charge in [-0.15, -0.1) is 6.58 Å². The number of imide groups is 1. The predicted octanol–water partition coefficient (Wildman–Crippen LogP) is 2.93. The maximum absolute atomic E-state index is 12.5. The van der Waals surface area contributed by atoms with E-state index in [0.717, 1.165) is 10.5 Å². The highest BCUT2D eigenvalue weighted by Crippen LogP contribution is 2.24. The fraction of sp³-hybridized carbons (Fsp3) is 0.250. The highest BCUT2D eigenvalue weighted by atomic mass is 16.5. The van der Waals surface area contributed by atoms with E-state index in [-0.39, 0.29) is 29.2 Å². The van der Waals surface area contributed by atoms with Crippen molar-refractivity contribution in [2.75, 3.05) is 13.1 Å². The van der Waals surface area contributed by atoms with Crippen molar-refractivity contribution < 1.29 is 23.9 Å². The summed E-state index contributed by atoms with van der Waals surface area (Å²) in [5.41, 5.74) is 1.55. The van der Waals surface area contributed by atoms with E-state index in [4.69, 9.17) is 4.74 Å². The van der Waals surface area contributed by atoms with Crippen molar-refractivity contribution in [2.45, 2.75) is 25.9 Å². The van der Waals surface area contributed by atoms with Crippen molar-refractivity contribution >= 4 is 23.7 Å². The first kappa shape index (κ1) is 22.0. The number of rotatable bonds is 8. The molecule has 0 radical (unpaired) electrons.